The highest BCUT2D eigenvalue weighted by molar-refractivity contribution is 7.89. The average molecular weight is 376 g/mol. The lowest BCUT2D eigenvalue weighted by Crippen LogP contribution is -2.32. The lowest BCUT2D eigenvalue weighted by Gasteiger charge is -2.29. The number of halogens is 1. The Kier molecular flexibility index (Phi) is 4.36. The maximum atomic E-state index is 13.2. The predicted molar refractivity (Wildman–Crippen MR) is 97.5 cm³/mol. The minimum atomic E-state index is -3.66. The summed E-state index contributed by atoms with van der Waals surface area (Å²) in [5.74, 6) is 0.273. The van der Waals surface area contributed by atoms with E-state index in [0.717, 1.165) is 30.6 Å². The second kappa shape index (κ2) is 6.55. The van der Waals surface area contributed by atoms with Gasteiger partial charge in [0, 0.05) is 19.7 Å². The van der Waals surface area contributed by atoms with Crippen molar-refractivity contribution in [2.24, 2.45) is 0 Å². The largest absolute Gasteiger partial charge is 0.490 e. The molecular weight excluding hydrogens is 355 g/mol. The maximum Gasteiger partial charge on any atom is 0.243 e. The fourth-order valence-electron chi connectivity index (χ4n) is 3.68. The van der Waals surface area contributed by atoms with E-state index in [2.05, 4.69) is 0 Å². The number of fused-ring (bicyclic) bond motifs is 1. The SMILES string of the molecule is CN1CCOc2cc(S(=O)(=O)N3CCC[C@H]3c3ccc(F)cc3)ccc21. The molecule has 2 aromatic carbocycles. The van der Waals surface area contributed by atoms with Crippen LogP contribution in [0.1, 0.15) is 24.4 Å². The van der Waals surface area contributed by atoms with Crippen LogP contribution in [0.5, 0.6) is 5.75 Å². The van der Waals surface area contributed by atoms with Crippen molar-refractivity contribution in [2.45, 2.75) is 23.8 Å². The number of sulfonamides is 1. The molecule has 0 saturated carbocycles. The van der Waals surface area contributed by atoms with Crippen molar-refractivity contribution in [3.63, 3.8) is 0 Å². The van der Waals surface area contributed by atoms with Gasteiger partial charge in [0.2, 0.25) is 10.0 Å². The van der Waals surface area contributed by atoms with Crippen molar-refractivity contribution in [1.82, 2.24) is 4.31 Å². The van der Waals surface area contributed by atoms with Crippen molar-refractivity contribution >= 4 is 15.7 Å². The Balaban J connectivity index is 1.68. The Morgan fingerprint density at radius 3 is 2.65 bits per heavy atom. The summed E-state index contributed by atoms with van der Waals surface area (Å²) in [6, 6.07) is 10.9. The Morgan fingerprint density at radius 1 is 1.12 bits per heavy atom. The van der Waals surface area contributed by atoms with Crippen LogP contribution in [0, 0.1) is 5.82 Å². The van der Waals surface area contributed by atoms with Gasteiger partial charge >= 0.3 is 0 Å². The second-order valence-electron chi connectivity index (χ2n) is 6.72. The molecule has 0 aliphatic carbocycles. The molecule has 2 aliphatic rings. The van der Waals surface area contributed by atoms with E-state index in [1.807, 2.05) is 11.9 Å². The van der Waals surface area contributed by atoms with Gasteiger partial charge in [-0.15, -0.1) is 0 Å². The lowest BCUT2D eigenvalue weighted by molar-refractivity contribution is 0.310. The fraction of sp³-hybridized carbons (Fsp3) is 0.368. The van der Waals surface area contributed by atoms with Gasteiger partial charge in [0.05, 0.1) is 23.2 Å². The molecule has 0 spiro atoms. The zero-order valence-corrected chi connectivity index (χ0v) is 15.4. The van der Waals surface area contributed by atoms with Crippen LogP contribution in [0.3, 0.4) is 0 Å². The zero-order valence-electron chi connectivity index (χ0n) is 14.6. The minimum Gasteiger partial charge on any atom is -0.490 e. The van der Waals surface area contributed by atoms with Crippen molar-refractivity contribution < 1.29 is 17.5 Å². The highest BCUT2D eigenvalue weighted by Gasteiger charge is 2.36. The average Bonchev–Trinajstić information content (AvgIpc) is 3.13. The molecule has 0 radical (unpaired) electrons. The first kappa shape index (κ1) is 17.3. The summed E-state index contributed by atoms with van der Waals surface area (Å²) >= 11 is 0. The van der Waals surface area contributed by atoms with Crippen LogP contribution < -0.4 is 9.64 Å². The lowest BCUT2D eigenvalue weighted by atomic mass is 10.1. The van der Waals surface area contributed by atoms with E-state index in [4.69, 9.17) is 4.74 Å². The standard InChI is InChI=1S/C19H21FN2O3S/c1-21-11-12-25-19-13-16(8-9-18(19)21)26(23,24)22-10-2-3-17(22)14-4-6-15(20)7-5-14/h4-9,13,17H,2-3,10-12H2,1H3/t17-/m0/s1. The monoisotopic (exact) mass is 376 g/mol. The molecule has 0 unspecified atom stereocenters. The molecule has 138 valence electrons. The molecule has 0 N–H and O–H groups in total. The first-order valence-electron chi connectivity index (χ1n) is 8.72. The minimum absolute atomic E-state index is 0.237. The van der Waals surface area contributed by atoms with Crippen LogP contribution in [0.2, 0.25) is 0 Å². The topological polar surface area (TPSA) is 49.9 Å². The van der Waals surface area contributed by atoms with E-state index in [1.54, 1.807) is 30.3 Å². The summed E-state index contributed by atoms with van der Waals surface area (Å²) in [6.07, 6.45) is 1.51. The van der Waals surface area contributed by atoms with E-state index in [0.29, 0.717) is 18.9 Å². The van der Waals surface area contributed by atoms with Gasteiger partial charge < -0.3 is 9.64 Å². The van der Waals surface area contributed by atoms with E-state index >= 15 is 0 Å². The Labute approximate surface area is 153 Å². The summed E-state index contributed by atoms with van der Waals surface area (Å²) in [5, 5.41) is 0. The van der Waals surface area contributed by atoms with Gasteiger partial charge in [-0.05, 0) is 42.7 Å². The normalized spacial score (nSPS) is 20.7. The number of rotatable bonds is 3. The summed E-state index contributed by atoms with van der Waals surface area (Å²) in [5.41, 5.74) is 1.72. The van der Waals surface area contributed by atoms with Crippen molar-refractivity contribution in [3.8, 4) is 5.75 Å². The van der Waals surface area contributed by atoms with Gasteiger partial charge in [0.15, 0.2) is 0 Å². The van der Waals surface area contributed by atoms with E-state index < -0.39 is 10.0 Å². The molecule has 4 rings (SSSR count). The van der Waals surface area contributed by atoms with Crippen LogP contribution in [0.15, 0.2) is 47.4 Å². The highest BCUT2D eigenvalue weighted by Crippen LogP contribution is 2.39. The van der Waals surface area contributed by atoms with Gasteiger partial charge in [-0.2, -0.15) is 4.31 Å². The number of nitrogens with zero attached hydrogens (tertiary/aromatic N) is 2. The molecule has 0 aromatic heterocycles. The van der Waals surface area contributed by atoms with Crippen LogP contribution >= 0.6 is 0 Å². The summed E-state index contributed by atoms with van der Waals surface area (Å²) in [4.78, 5) is 2.28. The van der Waals surface area contributed by atoms with Gasteiger partial charge in [0.1, 0.15) is 18.2 Å². The molecule has 1 atom stereocenters. The number of benzene rings is 2. The smallest absolute Gasteiger partial charge is 0.243 e. The third-order valence-corrected chi connectivity index (χ3v) is 7.00. The van der Waals surface area contributed by atoms with Gasteiger partial charge in [-0.1, -0.05) is 12.1 Å². The van der Waals surface area contributed by atoms with Crippen LogP contribution in [-0.4, -0.2) is 39.5 Å². The first-order valence-corrected chi connectivity index (χ1v) is 10.2. The van der Waals surface area contributed by atoms with E-state index in [-0.39, 0.29) is 16.8 Å². The van der Waals surface area contributed by atoms with Crippen LogP contribution in [0.25, 0.3) is 0 Å². The number of hydrogen-bond acceptors (Lipinski definition) is 4. The molecule has 2 aliphatic heterocycles. The number of anilines is 1. The maximum absolute atomic E-state index is 13.2. The fourth-order valence-corrected chi connectivity index (χ4v) is 5.38. The first-order chi connectivity index (χ1) is 12.5. The molecule has 0 amide bonds. The van der Waals surface area contributed by atoms with Gasteiger partial charge in [-0.25, -0.2) is 12.8 Å². The quantitative estimate of drug-likeness (QED) is 0.826. The third-order valence-electron chi connectivity index (χ3n) is 5.09. The van der Waals surface area contributed by atoms with Crippen LogP contribution in [-0.2, 0) is 10.0 Å². The summed E-state index contributed by atoms with van der Waals surface area (Å²) < 4.78 is 46.9. The second-order valence-corrected chi connectivity index (χ2v) is 8.62. The molecule has 1 fully saturated rings. The number of hydrogen-bond donors (Lipinski definition) is 0. The molecular formula is C19H21FN2O3S. The van der Waals surface area contributed by atoms with Crippen molar-refractivity contribution in [1.29, 1.82) is 0 Å². The van der Waals surface area contributed by atoms with Crippen molar-refractivity contribution in [2.75, 3.05) is 31.6 Å². The van der Waals surface area contributed by atoms with Gasteiger partial charge in [-0.3, -0.25) is 0 Å². The molecule has 0 bridgehead atoms. The summed E-state index contributed by atoms with van der Waals surface area (Å²) in [7, 11) is -1.70. The third kappa shape index (κ3) is 2.95. The number of ether oxygens (including phenoxy) is 1. The molecule has 2 aromatic rings. The predicted octanol–water partition coefficient (Wildman–Crippen LogP) is 3.18. The Hall–Kier alpha value is -2.12. The Morgan fingerprint density at radius 2 is 1.88 bits per heavy atom. The molecule has 2 heterocycles. The number of likely N-dealkylation sites (N-methyl/N-ethyl adjacent to an activating group) is 1. The molecule has 5 nitrogen and oxygen atoms in total. The zero-order chi connectivity index (χ0) is 18.3. The highest BCUT2D eigenvalue weighted by atomic mass is 32.2. The van der Waals surface area contributed by atoms with E-state index in [1.165, 1.54) is 16.4 Å². The molecule has 7 heteroatoms. The Bertz CT molecular complexity index is 915. The molecule has 26 heavy (non-hydrogen) atoms. The molecule has 1 saturated heterocycles. The summed E-state index contributed by atoms with van der Waals surface area (Å²) in [6.45, 7) is 1.77. The van der Waals surface area contributed by atoms with Crippen LogP contribution in [0.4, 0.5) is 10.1 Å². The van der Waals surface area contributed by atoms with Crippen molar-refractivity contribution in [3.05, 3.63) is 53.8 Å². The van der Waals surface area contributed by atoms with Gasteiger partial charge in [0.25, 0.3) is 0 Å². The van der Waals surface area contributed by atoms with E-state index in [9.17, 15) is 12.8 Å².